The predicted molar refractivity (Wildman–Crippen MR) is 37.7 cm³/mol. The molecule has 5 nitrogen and oxygen atoms in total. The summed E-state index contributed by atoms with van der Waals surface area (Å²) in [7, 11) is -7.23. The normalized spacial score (nSPS) is 19.9. The second kappa shape index (κ2) is 4.50. The molecule has 2 unspecified atom stereocenters. The van der Waals surface area contributed by atoms with Crippen LogP contribution < -0.4 is 0 Å². The fraction of sp³-hybridized carbons (Fsp3) is 1.00. The molecule has 0 aromatic rings. The molecule has 0 radical (unpaired) electrons. The number of alkyl halides is 1. The minimum atomic E-state index is -3.90. The Kier molecular flexibility index (Phi) is 4.78. The third-order valence-corrected chi connectivity index (χ3v) is 3.59. The Hall–Kier alpha value is 0.630. The van der Waals surface area contributed by atoms with E-state index in [4.69, 9.17) is 21.4 Å². The molecule has 8 heteroatoms. The van der Waals surface area contributed by atoms with Gasteiger partial charge in [0.1, 0.15) is 0 Å². The van der Waals surface area contributed by atoms with E-state index in [-0.39, 0.29) is 12.0 Å². The van der Waals surface area contributed by atoms with Gasteiger partial charge in [-0.2, -0.15) is 0 Å². The van der Waals surface area contributed by atoms with Crippen molar-refractivity contribution < 1.29 is 23.2 Å². The summed E-state index contributed by atoms with van der Waals surface area (Å²) in [5, 5.41) is 0. The third-order valence-electron chi connectivity index (χ3n) is 0.588. The molecule has 2 N–H and O–H groups in total. The molecule has 0 aromatic carbocycles. The van der Waals surface area contributed by atoms with E-state index >= 15 is 0 Å². The van der Waals surface area contributed by atoms with E-state index in [0.29, 0.717) is 0 Å². The van der Waals surface area contributed by atoms with Crippen LogP contribution in [0.25, 0.3) is 0 Å². The molecule has 0 spiro atoms. The van der Waals surface area contributed by atoms with Crippen LogP contribution >= 0.6 is 27.5 Å². The number of hydrogen-bond donors (Lipinski definition) is 2. The van der Waals surface area contributed by atoms with Gasteiger partial charge in [-0.1, -0.05) is 0 Å². The van der Waals surface area contributed by atoms with E-state index in [1.807, 2.05) is 0 Å². The summed E-state index contributed by atoms with van der Waals surface area (Å²) in [6.45, 7) is 0. The molecule has 2 atom stereocenters. The van der Waals surface area contributed by atoms with E-state index in [2.05, 4.69) is 4.31 Å². The van der Waals surface area contributed by atoms with Gasteiger partial charge < -0.3 is 9.79 Å². The lowest BCUT2D eigenvalue weighted by molar-refractivity contribution is 0.351. The number of rotatable bonds is 4. The Morgan fingerprint density at radius 2 is 2.20 bits per heavy atom. The smallest absolute Gasteiger partial charge is 0.326 e. The lowest BCUT2D eigenvalue weighted by Crippen LogP contribution is -1.89. The molecule has 0 saturated heterocycles. The third kappa shape index (κ3) is 5.42. The first-order chi connectivity index (χ1) is 4.48. The van der Waals surface area contributed by atoms with Crippen LogP contribution in [0.5, 0.6) is 0 Å². The van der Waals surface area contributed by atoms with Crippen molar-refractivity contribution in [1.29, 1.82) is 0 Å². The molecule has 10 heavy (non-hydrogen) atoms. The number of halogens is 1. The highest BCUT2D eigenvalue weighted by Gasteiger charge is 2.20. The zero-order valence-corrected chi connectivity index (χ0v) is 7.51. The maximum atomic E-state index is 10.5. The molecule has 0 aliphatic carbocycles. The molecule has 0 aliphatic rings. The number of hydrogen-bond acceptors (Lipinski definition) is 3. The maximum absolute atomic E-state index is 10.5. The highest BCUT2D eigenvalue weighted by atomic mass is 35.5. The van der Waals surface area contributed by atoms with E-state index in [0.717, 1.165) is 0 Å². The molecule has 0 fully saturated rings. The zero-order valence-electron chi connectivity index (χ0n) is 4.86. The van der Waals surface area contributed by atoms with Gasteiger partial charge >= 0.3 is 15.9 Å². The van der Waals surface area contributed by atoms with Crippen molar-refractivity contribution in [2.45, 2.75) is 0 Å². The summed E-state index contributed by atoms with van der Waals surface area (Å²) in [6, 6.07) is 0. The van der Waals surface area contributed by atoms with Crippen LogP contribution in [0.2, 0.25) is 0 Å². The van der Waals surface area contributed by atoms with Gasteiger partial charge in [0.2, 0.25) is 0 Å². The first kappa shape index (κ1) is 10.6. The SMILES string of the molecule is O=[PH](O)OP(=O)(O)CCCl. The Morgan fingerprint density at radius 1 is 1.70 bits per heavy atom. The van der Waals surface area contributed by atoms with E-state index in [9.17, 15) is 9.13 Å². The van der Waals surface area contributed by atoms with Gasteiger partial charge in [0, 0.05) is 5.88 Å². The maximum Gasteiger partial charge on any atom is 0.336 e. The minimum Gasteiger partial charge on any atom is -0.326 e. The second-order valence-corrected chi connectivity index (χ2v) is 4.77. The molecule has 0 aromatic heterocycles. The van der Waals surface area contributed by atoms with Crippen molar-refractivity contribution in [3.63, 3.8) is 0 Å². The van der Waals surface area contributed by atoms with Gasteiger partial charge in [-0.3, -0.25) is 9.13 Å². The molecule has 0 bridgehead atoms. The van der Waals surface area contributed by atoms with Gasteiger partial charge in [0.05, 0.1) is 6.16 Å². The largest absolute Gasteiger partial charge is 0.336 e. The Labute approximate surface area is 63.5 Å². The highest BCUT2D eigenvalue weighted by molar-refractivity contribution is 7.59. The van der Waals surface area contributed by atoms with Crippen LogP contribution in [0.15, 0.2) is 0 Å². The summed E-state index contributed by atoms with van der Waals surface area (Å²) in [5.74, 6) is -0.0804. The average Bonchev–Trinajstić information content (AvgIpc) is 1.59. The van der Waals surface area contributed by atoms with Crippen molar-refractivity contribution >= 4 is 27.5 Å². The standard InChI is InChI=1S/C2H7ClO5P2/c3-1-2-10(6,7)8-9(4)5/h9H,1-2H2,(H,4,5)(H,6,7). The average molecular weight is 208 g/mol. The summed E-state index contributed by atoms with van der Waals surface area (Å²) >= 11 is 5.08. The molecule has 0 saturated carbocycles. The fourth-order valence-corrected chi connectivity index (χ4v) is 2.47. The summed E-state index contributed by atoms with van der Waals surface area (Å²) in [4.78, 5) is 16.7. The van der Waals surface area contributed by atoms with Crippen LogP contribution in [0.1, 0.15) is 0 Å². The lowest BCUT2D eigenvalue weighted by atomic mass is 11.0. The lowest BCUT2D eigenvalue weighted by Gasteiger charge is -2.05. The Morgan fingerprint density at radius 3 is 2.50 bits per heavy atom. The minimum absolute atomic E-state index is 0.0804. The molecule has 0 amide bonds. The molecular formula is C2H7ClO5P2. The van der Waals surface area contributed by atoms with Crippen molar-refractivity contribution in [2.24, 2.45) is 0 Å². The quantitative estimate of drug-likeness (QED) is 0.528. The van der Waals surface area contributed by atoms with E-state index in [1.165, 1.54) is 0 Å². The van der Waals surface area contributed by atoms with Gasteiger partial charge in [-0.25, -0.2) is 4.31 Å². The Bertz CT molecular complexity index is 169. The summed E-state index contributed by atoms with van der Waals surface area (Å²) in [5.41, 5.74) is 0. The summed E-state index contributed by atoms with van der Waals surface area (Å²) < 4.78 is 24.2. The highest BCUT2D eigenvalue weighted by Crippen LogP contribution is 2.49. The second-order valence-electron chi connectivity index (χ2n) is 1.41. The van der Waals surface area contributed by atoms with Crippen LogP contribution in [-0.4, -0.2) is 21.8 Å². The van der Waals surface area contributed by atoms with Crippen LogP contribution in [0.4, 0.5) is 0 Å². The first-order valence-corrected chi connectivity index (χ1v) is 5.84. The first-order valence-electron chi connectivity index (χ1n) is 2.28. The molecule has 0 aliphatic heterocycles. The Balaban J connectivity index is 3.87. The fourth-order valence-electron chi connectivity index (χ4n) is 0.274. The zero-order chi connectivity index (χ0) is 8.20. The monoisotopic (exact) mass is 208 g/mol. The van der Waals surface area contributed by atoms with Crippen molar-refractivity contribution in [1.82, 2.24) is 0 Å². The van der Waals surface area contributed by atoms with E-state index < -0.39 is 15.9 Å². The van der Waals surface area contributed by atoms with Gasteiger partial charge in [0.25, 0.3) is 0 Å². The van der Waals surface area contributed by atoms with Crippen LogP contribution in [0, 0.1) is 0 Å². The van der Waals surface area contributed by atoms with Crippen molar-refractivity contribution in [3.8, 4) is 0 Å². The predicted octanol–water partition coefficient (Wildman–Crippen LogP) is 0.809. The van der Waals surface area contributed by atoms with Gasteiger partial charge in [-0.05, 0) is 0 Å². The summed E-state index contributed by atoms with van der Waals surface area (Å²) in [6.07, 6.45) is -0.314. The molecule has 0 rings (SSSR count). The molecule has 62 valence electrons. The van der Waals surface area contributed by atoms with Crippen LogP contribution in [-0.2, 0) is 13.4 Å². The van der Waals surface area contributed by atoms with E-state index in [1.54, 1.807) is 0 Å². The van der Waals surface area contributed by atoms with Crippen LogP contribution in [0.3, 0.4) is 0 Å². The van der Waals surface area contributed by atoms with Crippen molar-refractivity contribution in [2.75, 3.05) is 12.0 Å². The molecule has 0 heterocycles. The topological polar surface area (TPSA) is 83.8 Å². The molecular weight excluding hydrogens is 201 g/mol. The van der Waals surface area contributed by atoms with Crippen molar-refractivity contribution in [3.05, 3.63) is 0 Å². The van der Waals surface area contributed by atoms with Gasteiger partial charge in [-0.15, -0.1) is 11.6 Å². The van der Waals surface area contributed by atoms with Gasteiger partial charge in [0.15, 0.2) is 0 Å².